The quantitative estimate of drug-likeness (QED) is 0.317. The van der Waals surface area contributed by atoms with Crippen LogP contribution in [0, 0.1) is 5.92 Å². The molecule has 0 unspecified atom stereocenters. The molecule has 2 heterocycles. The van der Waals surface area contributed by atoms with Gasteiger partial charge in [-0.05, 0) is 37.1 Å². The molecule has 0 aromatic heterocycles. The molecule has 2 aliphatic heterocycles. The van der Waals surface area contributed by atoms with Gasteiger partial charge in [0.05, 0.1) is 44.9 Å². The van der Waals surface area contributed by atoms with Crippen molar-refractivity contribution in [3.8, 4) is 11.5 Å². The van der Waals surface area contributed by atoms with Gasteiger partial charge in [0.2, 0.25) is 5.91 Å². The van der Waals surface area contributed by atoms with Gasteiger partial charge in [-0.15, -0.1) is 0 Å². The van der Waals surface area contributed by atoms with Gasteiger partial charge in [0.25, 0.3) is 11.8 Å². The third-order valence-electron chi connectivity index (χ3n) is 6.37. The highest BCUT2D eigenvalue weighted by Crippen LogP contribution is 2.36. The lowest BCUT2D eigenvalue weighted by molar-refractivity contribution is -0.174. The van der Waals surface area contributed by atoms with Crippen LogP contribution >= 0.6 is 0 Å². The first-order valence-corrected chi connectivity index (χ1v) is 11.0. The molecule has 1 fully saturated rings. The number of likely N-dealkylation sites (tertiary alicyclic amines) is 1. The molecular weight excluding hydrogens is 440 g/mol. The molecule has 0 N–H and O–H groups in total. The van der Waals surface area contributed by atoms with E-state index in [-0.39, 0.29) is 30.8 Å². The molecule has 2 atom stereocenters. The minimum Gasteiger partial charge on any atom is -0.497 e. The zero-order chi connectivity index (χ0) is 24.4. The number of carbonyl (C=O) groups is 4. The Kier molecular flexibility index (Phi) is 6.54. The van der Waals surface area contributed by atoms with Crippen LogP contribution in [0.3, 0.4) is 0 Å². The van der Waals surface area contributed by atoms with Gasteiger partial charge in [-0.25, -0.2) is 4.79 Å². The average Bonchev–Trinajstić information content (AvgIpc) is 3.11. The fourth-order valence-electron chi connectivity index (χ4n) is 4.57. The summed E-state index contributed by atoms with van der Waals surface area (Å²) in [6.45, 7) is 0.358. The second-order valence-corrected chi connectivity index (χ2v) is 8.17. The second-order valence-electron chi connectivity index (χ2n) is 8.17. The van der Waals surface area contributed by atoms with Crippen LogP contribution in [-0.2, 0) is 20.9 Å². The zero-order valence-corrected chi connectivity index (χ0v) is 19.3. The van der Waals surface area contributed by atoms with Gasteiger partial charge in [0, 0.05) is 18.2 Å². The third-order valence-corrected chi connectivity index (χ3v) is 6.37. The molecule has 0 saturated carbocycles. The summed E-state index contributed by atoms with van der Waals surface area (Å²) in [6, 6.07) is 11.2. The van der Waals surface area contributed by atoms with Crippen molar-refractivity contribution < 1.29 is 33.4 Å². The van der Waals surface area contributed by atoms with E-state index in [1.807, 2.05) is 0 Å². The Hall–Kier alpha value is -3.88. The van der Waals surface area contributed by atoms with Gasteiger partial charge in [-0.3, -0.25) is 19.3 Å². The molecule has 0 bridgehead atoms. The van der Waals surface area contributed by atoms with E-state index < -0.39 is 17.9 Å². The lowest BCUT2D eigenvalue weighted by Gasteiger charge is -2.45. The smallest absolute Gasteiger partial charge is 0.329 e. The van der Waals surface area contributed by atoms with Gasteiger partial charge in [-0.1, -0.05) is 12.1 Å². The van der Waals surface area contributed by atoms with Crippen LogP contribution in [0.4, 0.5) is 0 Å². The number of imide groups is 1. The molecule has 9 nitrogen and oxygen atoms in total. The maximum Gasteiger partial charge on any atom is 0.329 e. The highest BCUT2D eigenvalue weighted by molar-refractivity contribution is 6.21. The largest absolute Gasteiger partial charge is 0.497 e. The van der Waals surface area contributed by atoms with E-state index in [9.17, 15) is 19.2 Å². The van der Waals surface area contributed by atoms with Crippen molar-refractivity contribution in [1.29, 1.82) is 0 Å². The molecule has 34 heavy (non-hydrogen) atoms. The Morgan fingerprint density at radius 3 is 2.21 bits per heavy atom. The van der Waals surface area contributed by atoms with Crippen LogP contribution in [0.5, 0.6) is 11.5 Å². The van der Waals surface area contributed by atoms with E-state index in [1.165, 1.54) is 24.0 Å². The number of ether oxygens (including phenoxy) is 3. The maximum absolute atomic E-state index is 13.0. The maximum atomic E-state index is 13.0. The lowest BCUT2D eigenvalue weighted by atomic mass is 9.83. The molecule has 4 rings (SSSR count). The van der Waals surface area contributed by atoms with Crippen LogP contribution < -0.4 is 9.47 Å². The number of fused-ring (bicyclic) bond motifs is 1. The van der Waals surface area contributed by atoms with Gasteiger partial charge in [0.15, 0.2) is 0 Å². The number of benzene rings is 2. The number of esters is 1. The van der Waals surface area contributed by atoms with Crippen LogP contribution in [0.25, 0.3) is 0 Å². The third kappa shape index (κ3) is 3.98. The summed E-state index contributed by atoms with van der Waals surface area (Å²) < 4.78 is 15.6. The molecule has 3 amide bonds. The number of β-lactam (4-membered cyclic amide) rings is 1. The summed E-state index contributed by atoms with van der Waals surface area (Å²) in [4.78, 5) is 53.2. The summed E-state index contributed by atoms with van der Waals surface area (Å²) in [6.07, 6.45) is 0.747. The van der Waals surface area contributed by atoms with Crippen LogP contribution in [0.15, 0.2) is 42.5 Å². The monoisotopic (exact) mass is 466 g/mol. The molecule has 2 aromatic rings. The number of carbonyl (C=O) groups excluding carboxylic acids is 4. The summed E-state index contributed by atoms with van der Waals surface area (Å²) in [5.74, 6) is -0.771. The summed E-state index contributed by atoms with van der Waals surface area (Å²) in [5.41, 5.74) is 1.51. The Balaban J connectivity index is 1.41. The van der Waals surface area contributed by atoms with Gasteiger partial charge >= 0.3 is 5.97 Å². The van der Waals surface area contributed by atoms with E-state index in [4.69, 9.17) is 14.2 Å². The number of hydrogen-bond acceptors (Lipinski definition) is 7. The van der Waals surface area contributed by atoms with Crippen molar-refractivity contribution >= 4 is 23.7 Å². The van der Waals surface area contributed by atoms with Gasteiger partial charge in [0.1, 0.15) is 17.5 Å². The molecule has 9 heteroatoms. The molecule has 2 aliphatic rings. The SMILES string of the molecule is COC(=O)[C@@H]1[C@@H](CCCN2C(=O)c3ccccc3C2=O)C(=O)N1Cc1ccc(OC)cc1OC. The lowest BCUT2D eigenvalue weighted by Crippen LogP contribution is -2.64. The highest BCUT2D eigenvalue weighted by atomic mass is 16.5. The molecule has 178 valence electrons. The van der Waals surface area contributed by atoms with Gasteiger partial charge in [-0.2, -0.15) is 0 Å². The molecule has 0 radical (unpaired) electrons. The minimum atomic E-state index is -0.744. The fraction of sp³-hybridized carbons (Fsp3) is 0.360. The Bertz CT molecular complexity index is 1110. The van der Waals surface area contributed by atoms with Crippen LogP contribution in [0.1, 0.15) is 39.1 Å². The van der Waals surface area contributed by atoms with Crippen molar-refractivity contribution in [2.24, 2.45) is 5.92 Å². The molecule has 0 spiro atoms. The van der Waals surface area contributed by atoms with Crippen molar-refractivity contribution in [2.75, 3.05) is 27.9 Å². The van der Waals surface area contributed by atoms with Crippen molar-refractivity contribution in [1.82, 2.24) is 9.80 Å². The molecule has 2 aromatic carbocycles. The fourth-order valence-corrected chi connectivity index (χ4v) is 4.57. The molecular formula is C25H26N2O7. The van der Waals surface area contributed by atoms with Crippen LogP contribution in [-0.4, -0.2) is 67.4 Å². The van der Waals surface area contributed by atoms with Gasteiger partial charge < -0.3 is 19.1 Å². The Morgan fingerprint density at radius 1 is 0.941 bits per heavy atom. The van der Waals surface area contributed by atoms with E-state index in [0.29, 0.717) is 35.5 Å². The first kappa shape index (κ1) is 23.3. The van der Waals surface area contributed by atoms with E-state index in [0.717, 1.165) is 5.56 Å². The number of amides is 3. The van der Waals surface area contributed by atoms with Crippen molar-refractivity contribution in [3.05, 3.63) is 59.2 Å². The van der Waals surface area contributed by atoms with Crippen molar-refractivity contribution in [2.45, 2.75) is 25.4 Å². The first-order valence-electron chi connectivity index (χ1n) is 11.0. The van der Waals surface area contributed by atoms with E-state index in [1.54, 1.807) is 49.6 Å². The molecule has 1 saturated heterocycles. The van der Waals surface area contributed by atoms with Crippen molar-refractivity contribution in [3.63, 3.8) is 0 Å². The van der Waals surface area contributed by atoms with Crippen LogP contribution in [0.2, 0.25) is 0 Å². The topological polar surface area (TPSA) is 102 Å². The number of hydrogen-bond donors (Lipinski definition) is 0. The summed E-state index contributed by atoms with van der Waals surface area (Å²) in [7, 11) is 4.36. The van der Waals surface area contributed by atoms with E-state index in [2.05, 4.69) is 0 Å². The Morgan fingerprint density at radius 2 is 1.62 bits per heavy atom. The zero-order valence-electron chi connectivity index (χ0n) is 19.3. The minimum absolute atomic E-state index is 0.177. The second kappa shape index (κ2) is 9.54. The number of rotatable bonds is 9. The average molecular weight is 466 g/mol. The standard InChI is InChI=1S/C25H26N2O7/c1-32-16-11-10-15(20(13-16)33-2)14-27-21(25(31)34-3)19(24(27)30)9-6-12-26-22(28)17-7-4-5-8-18(17)23(26)29/h4-5,7-8,10-11,13,19,21H,6,9,12,14H2,1-3H3/t19-,21+/m1/s1. The number of nitrogens with zero attached hydrogens (tertiary/aromatic N) is 2. The summed E-state index contributed by atoms with van der Waals surface area (Å²) >= 11 is 0. The number of methoxy groups -OCH3 is 3. The molecule has 0 aliphatic carbocycles. The van der Waals surface area contributed by atoms with E-state index >= 15 is 0 Å². The normalized spacial score (nSPS) is 19.1. The summed E-state index contributed by atoms with van der Waals surface area (Å²) in [5, 5.41) is 0. The first-order chi connectivity index (χ1) is 16.4. The Labute approximate surface area is 197 Å². The predicted molar refractivity (Wildman–Crippen MR) is 120 cm³/mol. The highest BCUT2D eigenvalue weighted by Gasteiger charge is 2.51. The predicted octanol–water partition coefficient (Wildman–Crippen LogP) is 2.28.